The van der Waals surface area contributed by atoms with Crippen molar-refractivity contribution in [1.29, 1.82) is 0 Å². The molecule has 5 nitrogen and oxygen atoms in total. The van der Waals surface area contributed by atoms with Crippen molar-refractivity contribution in [2.24, 2.45) is 5.92 Å². The van der Waals surface area contributed by atoms with Crippen LogP contribution in [0.5, 0.6) is 0 Å². The van der Waals surface area contributed by atoms with Crippen molar-refractivity contribution in [3.05, 3.63) is 0 Å². The summed E-state index contributed by atoms with van der Waals surface area (Å²) in [6.07, 6.45) is 1.24. The SMILES string of the molecule is CCCC(C(=O)OCC)C(=O)OCC.CCNCC. The molecule has 0 heterocycles. The van der Waals surface area contributed by atoms with E-state index in [4.69, 9.17) is 9.47 Å². The predicted molar refractivity (Wildman–Crippen MR) is 75.9 cm³/mol. The molecule has 0 saturated heterocycles. The highest BCUT2D eigenvalue weighted by molar-refractivity contribution is 5.94. The van der Waals surface area contributed by atoms with Gasteiger partial charge in [0.05, 0.1) is 13.2 Å². The van der Waals surface area contributed by atoms with E-state index in [-0.39, 0.29) is 0 Å². The van der Waals surface area contributed by atoms with Crippen molar-refractivity contribution >= 4 is 11.9 Å². The average Bonchev–Trinajstić information content (AvgIpc) is 2.38. The third-order valence-electron chi connectivity index (χ3n) is 2.22. The molecule has 0 aromatic carbocycles. The molecule has 0 rings (SSSR count). The lowest BCUT2D eigenvalue weighted by Gasteiger charge is -2.12. The second-order valence-electron chi connectivity index (χ2n) is 3.80. The Morgan fingerprint density at radius 2 is 1.32 bits per heavy atom. The molecule has 114 valence electrons. The standard InChI is InChI=1S/C10H18O4.C4H11N/c1-4-7-8(9(11)13-5-2)10(12)14-6-3;1-3-5-4-2/h8H,4-7H2,1-3H3;5H,3-4H2,1-2H3. The zero-order valence-corrected chi connectivity index (χ0v) is 13.0. The molecular weight excluding hydrogens is 246 g/mol. The molecule has 0 atom stereocenters. The molecule has 0 amide bonds. The summed E-state index contributed by atoms with van der Waals surface area (Å²) in [6.45, 7) is 12.3. The molecule has 0 aromatic heterocycles. The zero-order chi connectivity index (χ0) is 15.1. The Bertz CT molecular complexity index is 211. The van der Waals surface area contributed by atoms with E-state index >= 15 is 0 Å². The van der Waals surface area contributed by atoms with Gasteiger partial charge in [-0.25, -0.2) is 0 Å². The van der Waals surface area contributed by atoms with E-state index in [1.54, 1.807) is 13.8 Å². The number of rotatable bonds is 8. The van der Waals surface area contributed by atoms with Crippen LogP contribution in [-0.4, -0.2) is 38.2 Å². The molecular formula is C14H29NO4. The summed E-state index contributed by atoms with van der Waals surface area (Å²) in [5, 5.41) is 3.11. The van der Waals surface area contributed by atoms with Crippen LogP contribution >= 0.6 is 0 Å². The maximum absolute atomic E-state index is 11.3. The van der Waals surface area contributed by atoms with Crippen molar-refractivity contribution in [3.63, 3.8) is 0 Å². The Morgan fingerprint density at radius 3 is 1.53 bits per heavy atom. The van der Waals surface area contributed by atoms with Crippen molar-refractivity contribution in [2.45, 2.75) is 47.5 Å². The number of nitrogens with one attached hydrogen (secondary N) is 1. The minimum absolute atomic E-state index is 0.290. The lowest BCUT2D eigenvalue weighted by atomic mass is 10.0. The third-order valence-corrected chi connectivity index (χ3v) is 2.22. The van der Waals surface area contributed by atoms with Crippen LogP contribution in [0.15, 0.2) is 0 Å². The van der Waals surface area contributed by atoms with E-state index in [1.807, 2.05) is 6.92 Å². The Labute approximate surface area is 117 Å². The summed E-state index contributed by atoms with van der Waals surface area (Å²) in [5.41, 5.74) is 0. The molecule has 0 aliphatic rings. The molecule has 0 spiro atoms. The fourth-order valence-electron chi connectivity index (χ4n) is 1.36. The Balaban J connectivity index is 0. The lowest BCUT2D eigenvalue weighted by Crippen LogP contribution is -2.27. The van der Waals surface area contributed by atoms with Crippen LogP contribution in [0.3, 0.4) is 0 Å². The number of esters is 2. The van der Waals surface area contributed by atoms with Crippen LogP contribution in [0.1, 0.15) is 47.5 Å². The minimum Gasteiger partial charge on any atom is -0.465 e. The maximum atomic E-state index is 11.3. The highest BCUT2D eigenvalue weighted by Crippen LogP contribution is 2.11. The van der Waals surface area contributed by atoms with Gasteiger partial charge in [-0.2, -0.15) is 0 Å². The molecule has 1 N–H and O–H groups in total. The van der Waals surface area contributed by atoms with Gasteiger partial charge in [0.2, 0.25) is 0 Å². The fourth-order valence-corrected chi connectivity index (χ4v) is 1.36. The molecule has 19 heavy (non-hydrogen) atoms. The van der Waals surface area contributed by atoms with Crippen molar-refractivity contribution in [2.75, 3.05) is 26.3 Å². The first-order chi connectivity index (χ1) is 9.08. The van der Waals surface area contributed by atoms with Gasteiger partial charge >= 0.3 is 11.9 Å². The first-order valence-corrected chi connectivity index (χ1v) is 7.12. The fraction of sp³-hybridized carbons (Fsp3) is 0.857. The Hall–Kier alpha value is -1.10. The van der Waals surface area contributed by atoms with Gasteiger partial charge in [0.15, 0.2) is 5.92 Å². The van der Waals surface area contributed by atoms with E-state index in [2.05, 4.69) is 19.2 Å². The highest BCUT2D eigenvalue weighted by Gasteiger charge is 2.28. The van der Waals surface area contributed by atoms with E-state index < -0.39 is 17.9 Å². The van der Waals surface area contributed by atoms with Gasteiger partial charge in [0.1, 0.15) is 0 Å². The summed E-state index contributed by atoms with van der Waals surface area (Å²) in [7, 11) is 0. The molecule has 0 aliphatic heterocycles. The second-order valence-corrected chi connectivity index (χ2v) is 3.80. The number of ether oxygens (including phenoxy) is 2. The molecule has 0 aromatic rings. The van der Waals surface area contributed by atoms with Crippen LogP contribution in [0.2, 0.25) is 0 Å². The summed E-state index contributed by atoms with van der Waals surface area (Å²) < 4.78 is 9.57. The van der Waals surface area contributed by atoms with Crippen molar-refractivity contribution in [3.8, 4) is 0 Å². The maximum Gasteiger partial charge on any atom is 0.320 e. The third kappa shape index (κ3) is 11.7. The lowest BCUT2D eigenvalue weighted by molar-refractivity contribution is -0.161. The van der Waals surface area contributed by atoms with Crippen LogP contribution in [-0.2, 0) is 19.1 Å². The van der Waals surface area contributed by atoms with Gasteiger partial charge in [-0.15, -0.1) is 0 Å². The van der Waals surface area contributed by atoms with Gasteiger partial charge in [0, 0.05) is 0 Å². The van der Waals surface area contributed by atoms with Crippen molar-refractivity contribution < 1.29 is 19.1 Å². The topological polar surface area (TPSA) is 64.6 Å². The first kappa shape index (κ1) is 20.2. The number of hydrogen-bond acceptors (Lipinski definition) is 5. The zero-order valence-electron chi connectivity index (χ0n) is 13.0. The monoisotopic (exact) mass is 275 g/mol. The minimum atomic E-state index is -0.750. The van der Waals surface area contributed by atoms with Crippen LogP contribution in [0.4, 0.5) is 0 Å². The van der Waals surface area contributed by atoms with E-state index in [1.165, 1.54) is 0 Å². The van der Waals surface area contributed by atoms with E-state index in [0.717, 1.165) is 19.5 Å². The summed E-state index contributed by atoms with van der Waals surface area (Å²) in [5.74, 6) is -1.71. The molecule has 5 heteroatoms. The van der Waals surface area contributed by atoms with E-state index in [9.17, 15) is 9.59 Å². The smallest absolute Gasteiger partial charge is 0.320 e. The number of carbonyl (C=O) groups is 2. The average molecular weight is 275 g/mol. The molecule has 0 aliphatic carbocycles. The summed E-state index contributed by atoms with van der Waals surface area (Å²) in [4.78, 5) is 22.7. The predicted octanol–water partition coefficient (Wildman–Crippen LogP) is 2.14. The Morgan fingerprint density at radius 1 is 0.895 bits per heavy atom. The van der Waals surface area contributed by atoms with Gasteiger partial charge in [-0.05, 0) is 33.4 Å². The molecule has 0 radical (unpaired) electrons. The molecule has 0 saturated carbocycles. The van der Waals surface area contributed by atoms with Gasteiger partial charge in [-0.1, -0.05) is 27.2 Å². The quantitative estimate of drug-likeness (QED) is 0.543. The first-order valence-electron chi connectivity index (χ1n) is 7.12. The molecule has 0 fully saturated rings. The van der Waals surface area contributed by atoms with Crippen LogP contribution < -0.4 is 5.32 Å². The normalized spacial score (nSPS) is 9.58. The highest BCUT2D eigenvalue weighted by atomic mass is 16.6. The largest absolute Gasteiger partial charge is 0.465 e. The Kier molecular flexibility index (Phi) is 15.9. The summed E-state index contributed by atoms with van der Waals surface area (Å²) in [6, 6.07) is 0. The van der Waals surface area contributed by atoms with Crippen LogP contribution in [0, 0.1) is 5.92 Å². The van der Waals surface area contributed by atoms with E-state index in [0.29, 0.717) is 19.6 Å². The van der Waals surface area contributed by atoms with Crippen LogP contribution in [0.25, 0.3) is 0 Å². The summed E-state index contributed by atoms with van der Waals surface area (Å²) >= 11 is 0. The van der Waals surface area contributed by atoms with Crippen molar-refractivity contribution in [1.82, 2.24) is 5.32 Å². The number of hydrogen-bond donors (Lipinski definition) is 1. The van der Waals surface area contributed by atoms with Gasteiger partial charge in [0.25, 0.3) is 0 Å². The number of carbonyl (C=O) groups excluding carboxylic acids is 2. The second kappa shape index (κ2) is 15.0. The molecule has 0 unspecified atom stereocenters. The molecule has 0 bridgehead atoms. The van der Waals surface area contributed by atoms with Gasteiger partial charge < -0.3 is 14.8 Å². The van der Waals surface area contributed by atoms with Gasteiger partial charge in [-0.3, -0.25) is 9.59 Å².